The molecule has 3 N–H and O–H groups in total. The highest BCUT2D eigenvalue weighted by Gasteiger charge is 2.55. The molecule has 5 rings (SSSR count). The molecular weight excluding hydrogens is 374 g/mol. The molecule has 7 nitrogen and oxygen atoms in total. The van der Waals surface area contributed by atoms with Gasteiger partial charge in [0.2, 0.25) is 0 Å². The number of carbonyl (C=O) groups excluding carboxylic acids is 1. The van der Waals surface area contributed by atoms with Crippen molar-refractivity contribution < 1.29 is 28.8 Å². The number of aromatic hydroxyl groups is 1. The Morgan fingerprint density at radius 2 is 2.03 bits per heavy atom. The lowest BCUT2D eigenvalue weighted by atomic mass is 9.75. The summed E-state index contributed by atoms with van der Waals surface area (Å²) < 4.78 is 23.2. The fraction of sp³-hybridized carbons (Fsp3) is 0.318. The zero-order valence-electron chi connectivity index (χ0n) is 16.3. The molecule has 150 valence electrons. The molecule has 0 fully saturated rings. The van der Waals surface area contributed by atoms with Gasteiger partial charge in [0.05, 0.1) is 18.2 Å². The molecule has 7 heteroatoms. The molecule has 29 heavy (non-hydrogen) atoms. The van der Waals surface area contributed by atoms with E-state index in [1.807, 2.05) is 26.0 Å². The highest BCUT2D eigenvalue weighted by atomic mass is 16.5. The molecule has 0 amide bonds. The summed E-state index contributed by atoms with van der Waals surface area (Å²) in [4.78, 5) is 13.6. The number of Topliss-reactive ketones (excluding diaryl/α,β-unsaturated/α-hetero) is 1. The molecule has 0 spiro atoms. The minimum Gasteiger partial charge on any atom is -0.504 e. The lowest BCUT2D eigenvalue weighted by Crippen LogP contribution is -2.62. The van der Waals surface area contributed by atoms with Gasteiger partial charge >= 0.3 is 0 Å². The molecule has 0 aliphatic carbocycles. The van der Waals surface area contributed by atoms with E-state index in [0.717, 1.165) is 0 Å². The summed E-state index contributed by atoms with van der Waals surface area (Å²) >= 11 is 0. The van der Waals surface area contributed by atoms with Crippen molar-refractivity contribution in [2.75, 3.05) is 13.7 Å². The molecule has 0 bridgehead atoms. The fourth-order valence-corrected chi connectivity index (χ4v) is 4.12. The third kappa shape index (κ3) is 2.37. The Bertz CT molecular complexity index is 1090. The third-order valence-corrected chi connectivity index (χ3v) is 5.69. The summed E-state index contributed by atoms with van der Waals surface area (Å²) in [7, 11) is 1.43. The van der Waals surface area contributed by atoms with Gasteiger partial charge in [0, 0.05) is 11.6 Å². The number of nitrogens with two attached hydrogens (primary N) is 1. The maximum atomic E-state index is 13.6. The first-order valence-electron chi connectivity index (χ1n) is 9.34. The van der Waals surface area contributed by atoms with Gasteiger partial charge in [-0.3, -0.25) is 4.79 Å². The van der Waals surface area contributed by atoms with Crippen LogP contribution in [0.15, 0.2) is 30.3 Å². The van der Waals surface area contributed by atoms with Crippen molar-refractivity contribution in [2.45, 2.75) is 31.1 Å². The lowest BCUT2D eigenvalue weighted by Gasteiger charge is -2.44. The second-order valence-electron chi connectivity index (χ2n) is 8.03. The molecule has 0 aromatic heterocycles. The number of carbonyl (C=O) groups is 1. The van der Waals surface area contributed by atoms with Crippen molar-refractivity contribution >= 4 is 11.9 Å². The van der Waals surface area contributed by atoms with Crippen molar-refractivity contribution in [2.24, 2.45) is 5.73 Å². The SMILES string of the molecule is COc1cc2c(cc1O)OCC1Oc3c(ccc4c3C=CC(C)(C)O4)C(=O)C21N. The average Bonchev–Trinajstić information content (AvgIpc) is 2.68. The topological polar surface area (TPSA) is 100 Å². The maximum Gasteiger partial charge on any atom is 0.195 e. The Kier molecular flexibility index (Phi) is 3.49. The van der Waals surface area contributed by atoms with E-state index >= 15 is 0 Å². The number of ether oxygens (including phenoxy) is 4. The van der Waals surface area contributed by atoms with Gasteiger partial charge in [-0.05, 0) is 44.2 Å². The first-order chi connectivity index (χ1) is 13.7. The zero-order valence-corrected chi connectivity index (χ0v) is 16.3. The van der Waals surface area contributed by atoms with E-state index in [9.17, 15) is 9.90 Å². The van der Waals surface area contributed by atoms with Gasteiger partial charge in [0.15, 0.2) is 23.4 Å². The first-order valence-corrected chi connectivity index (χ1v) is 9.34. The summed E-state index contributed by atoms with van der Waals surface area (Å²) in [6.45, 7) is 3.98. The van der Waals surface area contributed by atoms with Gasteiger partial charge in [-0.2, -0.15) is 0 Å². The smallest absolute Gasteiger partial charge is 0.195 e. The number of rotatable bonds is 1. The Labute approximate surface area is 167 Å². The van der Waals surface area contributed by atoms with Crippen LogP contribution in [0.4, 0.5) is 0 Å². The number of ketones is 1. The van der Waals surface area contributed by atoms with Crippen LogP contribution >= 0.6 is 0 Å². The number of methoxy groups -OCH3 is 1. The Hall–Kier alpha value is -3.19. The average molecular weight is 395 g/mol. The Morgan fingerprint density at radius 3 is 2.79 bits per heavy atom. The van der Waals surface area contributed by atoms with E-state index in [2.05, 4.69) is 0 Å². The normalized spacial score (nSPS) is 25.4. The molecule has 3 aliphatic heterocycles. The highest BCUT2D eigenvalue weighted by molar-refractivity contribution is 6.09. The predicted molar refractivity (Wildman–Crippen MR) is 105 cm³/mol. The van der Waals surface area contributed by atoms with E-state index in [1.165, 1.54) is 19.2 Å². The van der Waals surface area contributed by atoms with Crippen molar-refractivity contribution in [1.82, 2.24) is 0 Å². The Balaban J connectivity index is 1.67. The quantitative estimate of drug-likeness (QED) is 0.766. The lowest BCUT2D eigenvalue weighted by molar-refractivity contribution is 0.0227. The van der Waals surface area contributed by atoms with Gasteiger partial charge in [0.25, 0.3) is 0 Å². The van der Waals surface area contributed by atoms with Crippen molar-refractivity contribution in [3.8, 4) is 28.7 Å². The Morgan fingerprint density at radius 1 is 1.24 bits per heavy atom. The molecule has 0 saturated heterocycles. The van der Waals surface area contributed by atoms with Crippen LogP contribution in [0, 0.1) is 0 Å². The van der Waals surface area contributed by atoms with Crippen LogP contribution in [0.5, 0.6) is 28.7 Å². The molecule has 2 atom stereocenters. The minimum absolute atomic E-state index is 0.0696. The van der Waals surface area contributed by atoms with Gasteiger partial charge in [-0.15, -0.1) is 0 Å². The summed E-state index contributed by atoms with van der Waals surface area (Å²) in [5.41, 5.74) is 6.30. The van der Waals surface area contributed by atoms with Gasteiger partial charge in [0.1, 0.15) is 35.0 Å². The van der Waals surface area contributed by atoms with Crippen LogP contribution in [0.3, 0.4) is 0 Å². The molecule has 2 aromatic rings. The molecule has 3 aliphatic rings. The molecule has 3 heterocycles. The maximum absolute atomic E-state index is 13.6. The van der Waals surface area contributed by atoms with Gasteiger partial charge in [-0.1, -0.05) is 0 Å². The zero-order chi connectivity index (χ0) is 20.6. The van der Waals surface area contributed by atoms with Crippen LogP contribution in [-0.2, 0) is 5.54 Å². The van der Waals surface area contributed by atoms with Crippen molar-refractivity contribution in [1.29, 1.82) is 0 Å². The molecule has 2 unspecified atom stereocenters. The highest BCUT2D eigenvalue weighted by Crippen LogP contribution is 2.50. The van der Waals surface area contributed by atoms with Crippen LogP contribution in [0.25, 0.3) is 6.08 Å². The van der Waals surface area contributed by atoms with E-state index in [1.54, 1.807) is 12.1 Å². The van der Waals surface area contributed by atoms with E-state index in [0.29, 0.717) is 33.9 Å². The van der Waals surface area contributed by atoms with E-state index in [-0.39, 0.29) is 23.9 Å². The molecule has 0 radical (unpaired) electrons. The van der Waals surface area contributed by atoms with Crippen molar-refractivity contribution in [3.05, 3.63) is 47.0 Å². The predicted octanol–water partition coefficient (Wildman–Crippen LogP) is 2.78. The van der Waals surface area contributed by atoms with Crippen LogP contribution in [-0.4, -0.2) is 36.3 Å². The molecular formula is C22H21NO6. The summed E-state index contributed by atoms with van der Waals surface area (Å²) in [5, 5.41) is 10.1. The van der Waals surface area contributed by atoms with E-state index in [4.69, 9.17) is 24.7 Å². The molecule has 0 saturated carbocycles. The van der Waals surface area contributed by atoms with E-state index < -0.39 is 17.2 Å². The number of hydrogen-bond donors (Lipinski definition) is 2. The van der Waals surface area contributed by atoms with Crippen LogP contribution < -0.4 is 24.7 Å². The van der Waals surface area contributed by atoms with Crippen LogP contribution in [0.2, 0.25) is 0 Å². The number of phenols is 1. The standard InChI is InChI=1S/C22H21NO6/c1-21(2)7-6-11-15(29-21)5-4-12-19(11)28-18-10-27-16-9-14(24)17(26-3)8-13(16)22(18,23)20(12)25/h4-9,18,24H,10,23H2,1-3H3. The third-order valence-electron chi connectivity index (χ3n) is 5.69. The fourth-order valence-electron chi connectivity index (χ4n) is 4.12. The number of phenolic OH excluding ortho intramolecular Hbond substituents is 1. The van der Waals surface area contributed by atoms with Crippen molar-refractivity contribution in [3.63, 3.8) is 0 Å². The summed E-state index contributed by atoms with van der Waals surface area (Å²) in [6.07, 6.45) is 3.10. The largest absolute Gasteiger partial charge is 0.504 e. The monoisotopic (exact) mass is 395 g/mol. The minimum atomic E-state index is -1.46. The van der Waals surface area contributed by atoms with Gasteiger partial charge in [-0.25, -0.2) is 0 Å². The summed E-state index contributed by atoms with van der Waals surface area (Å²) in [6, 6.07) is 6.39. The number of fused-ring (bicyclic) bond motifs is 6. The molecule has 2 aromatic carbocycles. The second-order valence-corrected chi connectivity index (χ2v) is 8.03. The van der Waals surface area contributed by atoms with Gasteiger partial charge < -0.3 is 29.8 Å². The summed E-state index contributed by atoms with van der Waals surface area (Å²) in [5.74, 6) is 1.28. The number of benzene rings is 2. The second kappa shape index (κ2) is 5.67. The number of hydrogen-bond acceptors (Lipinski definition) is 7. The first kappa shape index (κ1) is 17.9. The van der Waals surface area contributed by atoms with Crippen LogP contribution in [0.1, 0.15) is 35.3 Å².